The molecule has 9 heteroatoms. The van der Waals surface area contributed by atoms with Crippen molar-refractivity contribution < 1.29 is 18.9 Å². The zero-order valence-corrected chi connectivity index (χ0v) is 23.0. The van der Waals surface area contributed by atoms with E-state index in [0.29, 0.717) is 13.2 Å². The maximum atomic E-state index is 5.97. The molecule has 2 aliphatic heterocycles. The van der Waals surface area contributed by atoms with Crippen LogP contribution in [-0.2, 0) is 33.9 Å². The summed E-state index contributed by atoms with van der Waals surface area (Å²) < 4.78 is 22.4. The van der Waals surface area contributed by atoms with E-state index in [4.69, 9.17) is 23.9 Å². The van der Waals surface area contributed by atoms with Crippen LogP contribution < -0.4 is 14.5 Å². The Morgan fingerprint density at radius 2 is 1.66 bits per heavy atom. The lowest BCUT2D eigenvalue weighted by Gasteiger charge is -2.29. The van der Waals surface area contributed by atoms with Crippen molar-refractivity contribution in [3.63, 3.8) is 0 Å². The third-order valence-electron chi connectivity index (χ3n) is 6.91. The third kappa shape index (κ3) is 7.68. The molecule has 2 saturated heterocycles. The predicted molar refractivity (Wildman–Crippen MR) is 151 cm³/mol. The van der Waals surface area contributed by atoms with Crippen molar-refractivity contribution in [2.24, 2.45) is 0 Å². The summed E-state index contributed by atoms with van der Waals surface area (Å²) in [5.74, 6) is 0.866. The van der Waals surface area contributed by atoms with Crippen molar-refractivity contribution >= 4 is 22.2 Å². The molecule has 1 aromatic heterocycles. The number of morpholine rings is 2. The fraction of sp³-hybridized carbons (Fsp3) is 0.483. The van der Waals surface area contributed by atoms with Crippen LogP contribution in [0.2, 0.25) is 0 Å². The molecule has 3 heterocycles. The molecule has 5 rings (SSSR count). The number of aromatic nitrogens is 1. The molecule has 2 fully saturated rings. The van der Waals surface area contributed by atoms with Crippen molar-refractivity contribution in [3.8, 4) is 5.75 Å². The van der Waals surface area contributed by atoms with Gasteiger partial charge >= 0.3 is 0 Å². The summed E-state index contributed by atoms with van der Waals surface area (Å²) in [4.78, 5) is 12.1. The van der Waals surface area contributed by atoms with Crippen LogP contribution in [0.15, 0.2) is 53.9 Å². The lowest BCUT2D eigenvalue weighted by atomic mass is 10.1. The minimum Gasteiger partial charge on any atom is -0.497 e. The van der Waals surface area contributed by atoms with E-state index in [1.807, 2.05) is 12.1 Å². The largest absolute Gasteiger partial charge is 0.497 e. The lowest BCUT2D eigenvalue weighted by Crippen LogP contribution is -2.38. The van der Waals surface area contributed by atoms with Crippen molar-refractivity contribution in [2.45, 2.75) is 19.7 Å². The molecule has 38 heavy (non-hydrogen) atoms. The molecule has 204 valence electrons. The van der Waals surface area contributed by atoms with Crippen molar-refractivity contribution in [1.29, 1.82) is 0 Å². The van der Waals surface area contributed by atoms with Crippen LogP contribution in [0.1, 0.15) is 16.8 Å². The summed E-state index contributed by atoms with van der Waals surface area (Å²) in [7, 11) is 1.71. The highest BCUT2D eigenvalue weighted by molar-refractivity contribution is 7.13. The van der Waals surface area contributed by atoms with Crippen molar-refractivity contribution in [3.05, 3.63) is 70.7 Å². The number of hydrogen-bond donors (Lipinski definition) is 0. The van der Waals surface area contributed by atoms with Crippen LogP contribution in [0, 0.1) is 0 Å². The lowest BCUT2D eigenvalue weighted by molar-refractivity contribution is 0.0177. The standard InChI is InChI=1S/C29H38N4O4S/c1-34-28-4-2-3-25(19-28)21-33(20-24-5-7-27(8-6-24)32-12-17-36-18-13-32)29-30-26(23-38-29)22-37-16-11-31-9-14-35-15-10-31/h2-8,19,23H,9-18,20-22H2,1H3. The Bertz CT molecular complexity index is 1110. The van der Waals surface area contributed by atoms with Gasteiger partial charge in [-0.3, -0.25) is 4.90 Å². The Kier molecular flexibility index (Phi) is 9.85. The van der Waals surface area contributed by atoms with Gasteiger partial charge < -0.3 is 28.7 Å². The highest BCUT2D eigenvalue weighted by atomic mass is 32.1. The first kappa shape index (κ1) is 26.9. The first-order chi connectivity index (χ1) is 18.8. The topological polar surface area (TPSA) is 59.5 Å². The quantitative estimate of drug-likeness (QED) is 0.320. The summed E-state index contributed by atoms with van der Waals surface area (Å²) in [6.07, 6.45) is 0. The molecular weight excluding hydrogens is 500 g/mol. The molecule has 0 unspecified atom stereocenters. The van der Waals surface area contributed by atoms with Crippen LogP contribution >= 0.6 is 11.3 Å². The highest BCUT2D eigenvalue weighted by Gasteiger charge is 2.16. The van der Waals surface area contributed by atoms with E-state index in [1.54, 1.807) is 18.4 Å². The molecular formula is C29H38N4O4S. The molecule has 2 aliphatic rings. The summed E-state index contributed by atoms with van der Waals surface area (Å²) in [6, 6.07) is 17.2. The van der Waals surface area contributed by atoms with Crippen LogP contribution in [-0.4, -0.2) is 82.8 Å². The second kappa shape index (κ2) is 13.9. The van der Waals surface area contributed by atoms with E-state index in [-0.39, 0.29) is 0 Å². The molecule has 0 atom stereocenters. The van der Waals surface area contributed by atoms with Gasteiger partial charge in [0.1, 0.15) is 5.75 Å². The van der Waals surface area contributed by atoms with E-state index in [1.165, 1.54) is 16.8 Å². The zero-order valence-electron chi connectivity index (χ0n) is 22.2. The summed E-state index contributed by atoms with van der Waals surface area (Å²) >= 11 is 1.67. The molecule has 0 N–H and O–H groups in total. The number of anilines is 2. The first-order valence-corrected chi connectivity index (χ1v) is 14.3. The van der Waals surface area contributed by atoms with Gasteiger partial charge in [-0.2, -0.15) is 0 Å². The maximum Gasteiger partial charge on any atom is 0.186 e. The zero-order chi connectivity index (χ0) is 26.0. The monoisotopic (exact) mass is 538 g/mol. The van der Waals surface area contributed by atoms with Gasteiger partial charge in [-0.25, -0.2) is 4.98 Å². The average Bonchev–Trinajstić information content (AvgIpc) is 3.45. The Morgan fingerprint density at radius 1 is 0.921 bits per heavy atom. The van der Waals surface area contributed by atoms with Gasteiger partial charge in [0.15, 0.2) is 5.13 Å². The number of ether oxygens (including phenoxy) is 4. The van der Waals surface area contributed by atoms with E-state index >= 15 is 0 Å². The van der Waals surface area contributed by atoms with Gasteiger partial charge in [-0.05, 0) is 35.4 Å². The average molecular weight is 539 g/mol. The van der Waals surface area contributed by atoms with E-state index in [2.05, 4.69) is 56.5 Å². The first-order valence-electron chi connectivity index (χ1n) is 13.4. The molecule has 0 saturated carbocycles. The van der Waals surface area contributed by atoms with Gasteiger partial charge in [0.05, 0.1) is 52.4 Å². The summed E-state index contributed by atoms with van der Waals surface area (Å²) in [5, 5.41) is 3.11. The fourth-order valence-corrected chi connectivity index (χ4v) is 5.55. The van der Waals surface area contributed by atoms with E-state index in [9.17, 15) is 0 Å². The Labute approximate surface area is 229 Å². The smallest absolute Gasteiger partial charge is 0.186 e. The van der Waals surface area contributed by atoms with Gasteiger partial charge in [0.25, 0.3) is 0 Å². The number of methoxy groups -OCH3 is 1. The Hall–Kier alpha value is -2.69. The highest BCUT2D eigenvalue weighted by Crippen LogP contribution is 2.27. The maximum absolute atomic E-state index is 5.97. The molecule has 0 bridgehead atoms. The number of benzene rings is 2. The van der Waals surface area contributed by atoms with E-state index in [0.717, 1.165) is 88.8 Å². The molecule has 3 aromatic rings. The summed E-state index contributed by atoms with van der Waals surface area (Å²) in [6.45, 7) is 10.7. The number of hydrogen-bond acceptors (Lipinski definition) is 9. The Morgan fingerprint density at radius 3 is 2.42 bits per heavy atom. The second-order valence-corrected chi connectivity index (χ2v) is 10.4. The van der Waals surface area contributed by atoms with Crippen LogP contribution in [0.3, 0.4) is 0 Å². The van der Waals surface area contributed by atoms with Gasteiger partial charge in [0.2, 0.25) is 0 Å². The van der Waals surface area contributed by atoms with Crippen LogP contribution in [0.25, 0.3) is 0 Å². The van der Waals surface area contributed by atoms with Crippen LogP contribution in [0.4, 0.5) is 10.8 Å². The minimum absolute atomic E-state index is 0.530. The molecule has 0 aliphatic carbocycles. The van der Waals surface area contributed by atoms with Gasteiger partial charge in [-0.1, -0.05) is 24.3 Å². The predicted octanol–water partition coefficient (Wildman–Crippen LogP) is 4.04. The SMILES string of the molecule is COc1cccc(CN(Cc2ccc(N3CCOCC3)cc2)c2nc(COCCN3CCOCC3)cs2)c1. The number of rotatable bonds is 12. The molecule has 8 nitrogen and oxygen atoms in total. The third-order valence-corrected chi connectivity index (χ3v) is 7.86. The summed E-state index contributed by atoms with van der Waals surface area (Å²) in [5.41, 5.74) is 4.67. The van der Waals surface area contributed by atoms with E-state index < -0.39 is 0 Å². The van der Waals surface area contributed by atoms with Gasteiger partial charge in [-0.15, -0.1) is 11.3 Å². The normalized spacial score (nSPS) is 16.5. The van der Waals surface area contributed by atoms with Crippen LogP contribution in [0.5, 0.6) is 5.75 Å². The fourth-order valence-electron chi connectivity index (χ4n) is 4.74. The molecule has 2 aromatic carbocycles. The number of thiazole rings is 1. The molecule has 0 radical (unpaired) electrons. The Balaban J connectivity index is 1.23. The minimum atomic E-state index is 0.530. The second-order valence-electron chi connectivity index (χ2n) is 9.60. The number of nitrogens with zero attached hydrogens (tertiary/aromatic N) is 4. The molecule has 0 spiro atoms. The van der Waals surface area contributed by atoms with Gasteiger partial charge in [0, 0.05) is 56.9 Å². The molecule has 0 amide bonds. The van der Waals surface area contributed by atoms with Crippen molar-refractivity contribution in [1.82, 2.24) is 9.88 Å². The van der Waals surface area contributed by atoms with Crippen molar-refractivity contribution in [2.75, 3.05) is 82.7 Å².